The summed E-state index contributed by atoms with van der Waals surface area (Å²) in [5.41, 5.74) is 4.02. The molecule has 0 aliphatic carbocycles. The fourth-order valence-corrected chi connectivity index (χ4v) is 5.35. The number of nitrogens with zero attached hydrogens (tertiary/aromatic N) is 2. The van der Waals surface area contributed by atoms with Gasteiger partial charge in [0.1, 0.15) is 16.5 Å². The zero-order valence-electron chi connectivity index (χ0n) is 22.3. The van der Waals surface area contributed by atoms with E-state index in [0.29, 0.717) is 18.8 Å². The second kappa shape index (κ2) is 12.8. The van der Waals surface area contributed by atoms with Gasteiger partial charge in [0, 0.05) is 24.5 Å². The predicted octanol–water partition coefficient (Wildman–Crippen LogP) is 5.83. The summed E-state index contributed by atoms with van der Waals surface area (Å²) in [6.45, 7) is 4.32. The fraction of sp³-hybridized carbons (Fsp3) is 0.290. The molecule has 1 aliphatic heterocycles. The lowest BCUT2D eigenvalue weighted by Gasteiger charge is -2.22. The smallest absolute Gasteiger partial charge is 0.270 e. The van der Waals surface area contributed by atoms with Gasteiger partial charge in [0.15, 0.2) is 11.5 Å². The average Bonchev–Trinajstić information content (AvgIpc) is 3.62. The molecule has 0 radical (unpaired) electrons. The number of nitrogens with one attached hydrogen (secondary N) is 1. The normalized spacial score (nSPS) is 12.9. The number of carbonyl (C=O) groups excluding carboxylic acids is 1. The number of thiazole rings is 1. The summed E-state index contributed by atoms with van der Waals surface area (Å²) in [4.78, 5) is 19.9. The van der Waals surface area contributed by atoms with E-state index in [-0.39, 0.29) is 18.7 Å². The zero-order chi connectivity index (χ0) is 27.0. The molecule has 1 aliphatic rings. The van der Waals surface area contributed by atoms with Crippen LogP contribution in [0.2, 0.25) is 0 Å². The van der Waals surface area contributed by atoms with Crippen LogP contribution in [-0.2, 0) is 26.1 Å². The first kappa shape index (κ1) is 26.7. The fourth-order valence-electron chi connectivity index (χ4n) is 4.53. The average molecular weight is 544 g/mol. The van der Waals surface area contributed by atoms with Crippen LogP contribution >= 0.6 is 11.3 Å². The Labute approximate surface area is 233 Å². The molecule has 8 heteroatoms. The molecule has 202 valence electrons. The summed E-state index contributed by atoms with van der Waals surface area (Å²) in [7, 11) is 1.67. The van der Waals surface area contributed by atoms with Crippen LogP contribution in [0.5, 0.6) is 17.2 Å². The van der Waals surface area contributed by atoms with Crippen molar-refractivity contribution in [2.24, 2.45) is 0 Å². The van der Waals surface area contributed by atoms with Gasteiger partial charge in [-0.25, -0.2) is 4.98 Å². The predicted molar refractivity (Wildman–Crippen MR) is 152 cm³/mol. The van der Waals surface area contributed by atoms with Gasteiger partial charge in [0.25, 0.3) is 5.91 Å². The summed E-state index contributed by atoms with van der Waals surface area (Å²) < 4.78 is 16.4. The Morgan fingerprint density at radius 1 is 0.974 bits per heavy atom. The van der Waals surface area contributed by atoms with Gasteiger partial charge in [-0.3, -0.25) is 9.69 Å². The number of amides is 1. The van der Waals surface area contributed by atoms with E-state index in [2.05, 4.69) is 45.5 Å². The molecule has 0 bridgehead atoms. The molecule has 1 aromatic heterocycles. The Morgan fingerprint density at radius 3 is 2.51 bits per heavy atom. The van der Waals surface area contributed by atoms with Crippen molar-refractivity contribution in [2.75, 3.05) is 13.9 Å². The van der Waals surface area contributed by atoms with Crippen molar-refractivity contribution >= 4 is 17.2 Å². The number of ether oxygens (including phenoxy) is 3. The highest BCUT2D eigenvalue weighted by molar-refractivity contribution is 7.09. The van der Waals surface area contributed by atoms with Crippen molar-refractivity contribution in [2.45, 2.75) is 45.4 Å². The molecule has 5 rings (SSSR count). The number of hydrogen-bond donors (Lipinski definition) is 1. The van der Waals surface area contributed by atoms with Crippen molar-refractivity contribution in [3.63, 3.8) is 0 Å². The molecule has 0 saturated heterocycles. The van der Waals surface area contributed by atoms with Crippen LogP contribution < -0.4 is 19.5 Å². The molecule has 0 spiro atoms. The van der Waals surface area contributed by atoms with E-state index in [0.717, 1.165) is 47.2 Å². The van der Waals surface area contributed by atoms with Crippen molar-refractivity contribution in [1.29, 1.82) is 0 Å². The lowest BCUT2D eigenvalue weighted by atomic mass is 10.1. The van der Waals surface area contributed by atoms with Gasteiger partial charge >= 0.3 is 0 Å². The molecule has 1 unspecified atom stereocenters. The summed E-state index contributed by atoms with van der Waals surface area (Å²) in [6, 6.07) is 24.5. The first-order valence-corrected chi connectivity index (χ1v) is 14.0. The number of aryl methyl sites for hydroxylation is 1. The highest BCUT2D eigenvalue weighted by atomic mass is 32.1. The molecule has 2 heterocycles. The Morgan fingerprint density at radius 2 is 1.72 bits per heavy atom. The van der Waals surface area contributed by atoms with Crippen molar-refractivity contribution in [3.05, 3.63) is 106 Å². The van der Waals surface area contributed by atoms with Gasteiger partial charge in [-0.2, -0.15) is 0 Å². The van der Waals surface area contributed by atoms with Gasteiger partial charge in [-0.05, 0) is 60.7 Å². The summed E-state index contributed by atoms with van der Waals surface area (Å²) in [5.74, 6) is 2.24. The third-order valence-electron chi connectivity index (χ3n) is 6.64. The third kappa shape index (κ3) is 7.37. The number of carbonyl (C=O) groups is 1. The number of methoxy groups -OCH3 is 1. The summed E-state index contributed by atoms with van der Waals surface area (Å²) >= 11 is 1.51. The number of fused-ring (bicyclic) bond motifs is 1. The Bertz CT molecular complexity index is 1370. The summed E-state index contributed by atoms with van der Waals surface area (Å²) in [6.07, 6.45) is 1.79. The molecule has 1 amide bonds. The van der Waals surface area contributed by atoms with Gasteiger partial charge in [0.2, 0.25) is 6.79 Å². The Balaban J connectivity index is 1.23. The second-order valence-electron chi connectivity index (χ2n) is 9.71. The molecule has 4 aromatic rings. The van der Waals surface area contributed by atoms with Crippen LogP contribution in [0.15, 0.2) is 78.2 Å². The first-order chi connectivity index (χ1) is 19.1. The first-order valence-electron chi connectivity index (χ1n) is 13.1. The maximum absolute atomic E-state index is 12.9. The Hall–Kier alpha value is -3.88. The van der Waals surface area contributed by atoms with E-state index in [1.807, 2.05) is 54.8 Å². The van der Waals surface area contributed by atoms with Gasteiger partial charge in [0.05, 0.1) is 13.7 Å². The van der Waals surface area contributed by atoms with Gasteiger partial charge in [-0.1, -0.05) is 48.5 Å². The number of aromatic nitrogens is 1. The molecule has 3 aromatic carbocycles. The van der Waals surface area contributed by atoms with Gasteiger partial charge < -0.3 is 19.5 Å². The molecular weight excluding hydrogens is 510 g/mol. The molecule has 39 heavy (non-hydrogen) atoms. The molecule has 1 atom stereocenters. The Kier molecular flexibility index (Phi) is 8.75. The highest BCUT2D eigenvalue weighted by Crippen LogP contribution is 2.33. The lowest BCUT2D eigenvalue weighted by Crippen LogP contribution is -2.33. The SMILES string of the molecule is COc1ccc(CN(Cc2ccc3c(c2)OCO3)Cc2nc(C(=O)NC(C)CCc3ccccc3)cs2)cc1. The summed E-state index contributed by atoms with van der Waals surface area (Å²) in [5, 5.41) is 5.84. The number of benzene rings is 3. The van der Waals surface area contributed by atoms with Crippen molar-refractivity contribution < 1.29 is 19.0 Å². The van der Waals surface area contributed by atoms with E-state index in [4.69, 9.17) is 14.2 Å². The topological polar surface area (TPSA) is 72.9 Å². The molecular formula is C31H33N3O4S. The minimum absolute atomic E-state index is 0.0560. The lowest BCUT2D eigenvalue weighted by molar-refractivity contribution is 0.0933. The van der Waals surface area contributed by atoms with E-state index < -0.39 is 0 Å². The van der Waals surface area contributed by atoms with Crippen LogP contribution in [0.3, 0.4) is 0 Å². The second-order valence-corrected chi connectivity index (χ2v) is 10.6. The molecule has 0 saturated carbocycles. The van der Waals surface area contributed by atoms with Crippen LogP contribution in [-0.4, -0.2) is 35.7 Å². The van der Waals surface area contributed by atoms with E-state index in [1.165, 1.54) is 22.5 Å². The van der Waals surface area contributed by atoms with Gasteiger partial charge in [-0.15, -0.1) is 11.3 Å². The van der Waals surface area contributed by atoms with Crippen LogP contribution in [0.1, 0.15) is 45.5 Å². The third-order valence-corrected chi connectivity index (χ3v) is 7.47. The standard InChI is InChI=1S/C31H33N3O4S/c1-22(8-9-23-6-4-3-5-7-23)32-31(35)27-20-39-30(33-27)19-34(17-24-10-13-26(36-2)14-11-24)18-25-12-15-28-29(16-25)38-21-37-28/h3-7,10-16,20,22H,8-9,17-19,21H2,1-2H3,(H,32,35). The van der Waals surface area contributed by atoms with Crippen molar-refractivity contribution in [3.8, 4) is 17.2 Å². The monoisotopic (exact) mass is 543 g/mol. The molecule has 0 fully saturated rings. The minimum Gasteiger partial charge on any atom is -0.497 e. The van der Waals surface area contributed by atoms with E-state index in [9.17, 15) is 4.79 Å². The zero-order valence-corrected chi connectivity index (χ0v) is 23.1. The largest absolute Gasteiger partial charge is 0.497 e. The van der Waals surface area contributed by atoms with E-state index >= 15 is 0 Å². The van der Waals surface area contributed by atoms with Crippen LogP contribution in [0.4, 0.5) is 0 Å². The number of rotatable bonds is 12. The molecule has 7 nitrogen and oxygen atoms in total. The quantitative estimate of drug-likeness (QED) is 0.242. The number of hydrogen-bond acceptors (Lipinski definition) is 7. The van der Waals surface area contributed by atoms with E-state index in [1.54, 1.807) is 7.11 Å². The van der Waals surface area contributed by atoms with Crippen LogP contribution in [0.25, 0.3) is 0 Å². The molecule has 1 N–H and O–H groups in total. The maximum Gasteiger partial charge on any atom is 0.270 e. The maximum atomic E-state index is 12.9. The minimum atomic E-state index is -0.129. The van der Waals surface area contributed by atoms with Crippen LogP contribution in [0, 0.1) is 0 Å². The van der Waals surface area contributed by atoms with Crippen molar-refractivity contribution in [1.82, 2.24) is 15.2 Å². The highest BCUT2D eigenvalue weighted by Gasteiger charge is 2.18.